The number of fused-ring (bicyclic) bond motifs is 6. The second kappa shape index (κ2) is 12.0. The molecular weight excluding hydrogens is 641 g/mol. The highest BCUT2D eigenvalue weighted by molar-refractivity contribution is 7.20. The molecule has 6 aromatic carbocycles. The minimum absolute atomic E-state index is 0.585. The van der Waals surface area contributed by atoms with Crippen molar-refractivity contribution in [3.8, 4) is 51.0 Å². The van der Waals surface area contributed by atoms with E-state index in [0.29, 0.717) is 23.4 Å². The van der Waals surface area contributed by atoms with Crippen molar-refractivity contribution < 1.29 is 0 Å². The molecule has 0 N–H and O–H groups in total. The summed E-state index contributed by atoms with van der Waals surface area (Å²) in [6, 6.07) is 51.3. The van der Waals surface area contributed by atoms with Crippen molar-refractivity contribution in [3.63, 3.8) is 0 Å². The maximum Gasteiger partial charge on any atom is 0.164 e. The first-order valence-corrected chi connectivity index (χ1v) is 18.2. The van der Waals surface area contributed by atoms with E-state index in [9.17, 15) is 0 Å². The molecule has 3 heterocycles. The zero-order chi connectivity index (χ0) is 33.9. The summed E-state index contributed by atoms with van der Waals surface area (Å²) in [5.41, 5.74) is 10.3. The van der Waals surface area contributed by atoms with Crippen molar-refractivity contribution in [2.45, 2.75) is 13.3 Å². The second-order valence-electron chi connectivity index (χ2n) is 13.3. The molecule has 0 aliphatic heterocycles. The van der Waals surface area contributed by atoms with Gasteiger partial charge in [-0.1, -0.05) is 122 Å². The molecule has 4 nitrogen and oxygen atoms in total. The van der Waals surface area contributed by atoms with Gasteiger partial charge < -0.3 is 4.57 Å². The fraction of sp³-hybridized carbons (Fsp3) is 0.0652. The van der Waals surface area contributed by atoms with E-state index >= 15 is 0 Å². The van der Waals surface area contributed by atoms with Gasteiger partial charge in [-0.25, -0.2) is 15.0 Å². The van der Waals surface area contributed by atoms with Crippen LogP contribution in [0.4, 0.5) is 0 Å². The van der Waals surface area contributed by atoms with Crippen LogP contribution in [0.2, 0.25) is 0 Å². The maximum atomic E-state index is 4.94. The average molecular weight is 673 g/mol. The standard InChI is InChI=1S/C46H32N4S/c1-29-19-25-37-38-17-10-16-35(43(38)51-42(37)27-29)33-22-26-41-39(28-33)36-15-8-9-18-40(36)50(41)34-23-20-32(21-24-34)46-48-44(30-11-4-2-5-12-30)47-45(49-46)31-13-6-3-7-14-31/h2-26,28-29H,27H2,1H3. The lowest BCUT2D eigenvalue weighted by molar-refractivity contribution is 0.728. The smallest absolute Gasteiger partial charge is 0.164 e. The molecule has 1 aliphatic carbocycles. The Labute approximate surface area is 300 Å². The molecule has 1 atom stereocenters. The van der Waals surface area contributed by atoms with Crippen molar-refractivity contribution in [3.05, 3.63) is 162 Å². The summed E-state index contributed by atoms with van der Waals surface area (Å²) in [5.74, 6) is 2.55. The van der Waals surface area contributed by atoms with Crippen LogP contribution in [-0.2, 0) is 6.42 Å². The molecule has 0 bridgehead atoms. The SMILES string of the molecule is CC1C=Cc2c(sc3c(-c4ccc5c(c4)c4ccccc4n5-c4ccc(-c5nc(-c6ccccc6)nc(-c6ccccc6)n5)cc4)cccc23)C1. The van der Waals surface area contributed by atoms with Crippen molar-refractivity contribution in [1.29, 1.82) is 0 Å². The van der Waals surface area contributed by atoms with E-state index in [1.54, 1.807) is 0 Å². The molecule has 0 saturated carbocycles. The minimum Gasteiger partial charge on any atom is -0.309 e. The lowest BCUT2D eigenvalue weighted by Gasteiger charge is -2.11. The third-order valence-electron chi connectivity index (χ3n) is 10.00. The third kappa shape index (κ3) is 5.08. The van der Waals surface area contributed by atoms with Crippen LogP contribution in [-0.4, -0.2) is 19.5 Å². The number of benzene rings is 6. The highest BCUT2D eigenvalue weighted by Gasteiger charge is 2.20. The Kier molecular flexibility index (Phi) is 7.00. The first kappa shape index (κ1) is 29.7. The van der Waals surface area contributed by atoms with Crippen LogP contribution in [0.1, 0.15) is 17.4 Å². The fourth-order valence-corrected chi connectivity index (χ4v) is 8.95. The molecule has 0 fully saturated rings. The Morgan fingerprint density at radius 1 is 0.549 bits per heavy atom. The van der Waals surface area contributed by atoms with Gasteiger partial charge in [-0.05, 0) is 71.5 Å². The monoisotopic (exact) mass is 672 g/mol. The summed E-state index contributed by atoms with van der Waals surface area (Å²) < 4.78 is 3.75. The number of allylic oxidation sites excluding steroid dienone is 1. The van der Waals surface area contributed by atoms with Crippen molar-refractivity contribution in [1.82, 2.24) is 19.5 Å². The third-order valence-corrected chi connectivity index (χ3v) is 11.3. The van der Waals surface area contributed by atoms with Crippen molar-refractivity contribution in [2.24, 2.45) is 5.92 Å². The van der Waals surface area contributed by atoms with Crippen LogP contribution in [0.5, 0.6) is 0 Å². The first-order chi connectivity index (χ1) is 25.2. The van der Waals surface area contributed by atoms with Gasteiger partial charge >= 0.3 is 0 Å². The number of hydrogen-bond donors (Lipinski definition) is 0. The van der Waals surface area contributed by atoms with E-state index in [1.165, 1.54) is 53.5 Å². The summed E-state index contributed by atoms with van der Waals surface area (Å²) in [4.78, 5) is 16.3. The van der Waals surface area contributed by atoms with Gasteiger partial charge in [0.2, 0.25) is 0 Å². The topological polar surface area (TPSA) is 43.6 Å². The van der Waals surface area contributed by atoms with Crippen LogP contribution < -0.4 is 0 Å². The average Bonchev–Trinajstić information content (AvgIpc) is 3.73. The molecule has 0 radical (unpaired) electrons. The minimum atomic E-state index is 0.585. The van der Waals surface area contributed by atoms with Gasteiger partial charge in [0.05, 0.1) is 11.0 Å². The van der Waals surface area contributed by atoms with Gasteiger partial charge in [-0.15, -0.1) is 11.3 Å². The van der Waals surface area contributed by atoms with E-state index in [-0.39, 0.29) is 0 Å². The Balaban J connectivity index is 1.08. The van der Waals surface area contributed by atoms with Gasteiger partial charge in [0.25, 0.3) is 0 Å². The van der Waals surface area contributed by atoms with Gasteiger partial charge in [-0.3, -0.25) is 0 Å². The van der Waals surface area contributed by atoms with Crippen LogP contribution in [0.15, 0.2) is 152 Å². The van der Waals surface area contributed by atoms with Gasteiger partial charge in [-0.2, -0.15) is 0 Å². The molecule has 0 spiro atoms. The predicted molar refractivity (Wildman–Crippen MR) is 213 cm³/mol. The van der Waals surface area contributed by atoms with E-state index in [0.717, 1.165) is 28.8 Å². The molecule has 242 valence electrons. The molecule has 1 aliphatic rings. The molecule has 9 aromatic rings. The predicted octanol–water partition coefficient (Wildman–Crippen LogP) is 12.1. The molecular formula is C46H32N4S. The molecule has 51 heavy (non-hydrogen) atoms. The van der Waals surface area contributed by atoms with E-state index in [1.807, 2.05) is 72.0 Å². The Hall–Kier alpha value is -6.17. The zero-order valence-corrected chi connectivity index (χ0v) is 28.8. The quantitative estimate of drug-likeness (QED) is 0.183. The normalized spacial score (nSPS) is 14.0. The van der Waals surface area contributed by atoms with Crippen molar-refractivity contribution >= 4 is 49.3 Å². The maximum absolute atomic E-state index is 4.94. The zero-order valence-electron chi connectivity index (χ0n) is 28.0. The number of nitrogens with zero attached hydrogens (tertiary/aromatic N) is 4. The van der Waals surface area contributed by atoms with E-state index in [4.69, 9.17) is 15.0 Å². The number of para-hydroxylation sites is 1. The lowest BCUT2D eigenvalue weighted by atomic mass is 9.94. The van der Waals surface area contributed by atoms with E-state index in [2.05, 4.69) is 109 Å². The van der Waals surface area contributed by atoms with Gasteiger partial charge in [0.15, 0.2) is 17.5 Å². The van der Waals surface area contributed by atoms with Crippen LogP contribution in [0.3, 0.4) is 0 Å². The van der Waals surface area contributed by atoms with Crippen molar-refractivity contribution in [2.75, 3.05) is 0 Å². The van der Waals surface area contributed by atoms with Crippen LogP contribution in [0.25, 0.3) is 88.9 Å². The second-order valence-corrected chi connectivity index (χ2v) is 14.4. The Bertz CT molecular complexity index is 2720. The van der Waals surface area contributed by atoms with Crippen LogP contribution in [0, 0.1) is 5.92 Å². The number of rotatable bonds is 5. The molecule has 1 unspecified atom stereocenters. The van der Waals surface area contributed by atoms with Gasteiger partial charge in [0.1, 0.15) is 0 Å². The van der Waals surface area contributed by atoms with E-state index < -0.39 is 0 Å². The Morgan fingerprint density at radius 2 is 1.14 bits per heavy atom. The summed E-state index contributed by atoms with van der Waals surface area (Å²) in [6.07, 6.45) is 5.80. The summed E-state index contributed by atoms with van der Waals surface area (Å²) in [6.45, 7) is 2.30. The van der Waals surface area contributed by atoms with Crippen LogP contribution >= 0.6 is 11.3 Å². The molecule has 0 saturated heterocycles. The first-order valence-electron chi connectivity index (χ1n) is 17.4. The molecule has 10 rings (SSSR count). The van der Waals surface area contributed by atoms with Gasteiger partial charge in [0, 0.05) is 48.1 Å². The molecule has 5 heteroatoms. The molecule has 0 amide bonds. The summed E-state index contributed by atoms with van der Waals surface area (Å²) in [5, 5.41) is 3.85. The number of hydrogen-bond acceptors (Lipinski definition) is 4. The largest absolute Gasteiger partial charge is 0.309 e. The highest BCUT2D eigenvalue weighted by Crippen LogP contribution is 2.43. The number of thiophene rings is 1. The Morgan fingerprint density at radius 3 is 1.84 bits per heavy atom. The molecule has 3 aromatic heterocycles. The lowest BCUT2D eigenvalue weighted by Crippen LogP contribution is -2.00. The highest BCUT2D eigenvalue weighted by atomic mass is 32.1. The summed E-state index contributed by atoms with van der Waals surface area (Å²) in [7, 11) is 0. The fourth-order valence-electron chi connectivity index (χ4n) is 7.49. The number of aromatic nitrogens is 4. The summed E-state index contributed by atoms with van der Waals surface area (Å²) >= 11 is 1.96.